The average molecular weight is 254 g/mol. The van der Waals surface area contributed by atoms with E-state index in [2.05, 4.69) is 12.1 Å². The Hall–Kier alpha value is -0.910. The fourth-order valence-electron chi connectivity index (χ4n) is 2.20. The molecule has 0 aromatic heterocycles. The fraction of sp³-hybridized carbons (Fsp3) is 0.500. The first kappa shape index (κ1) is 12.5. The Morgan fingerprint density at radius 3 is 2.12 bits per heavy atom. The predicted octanol–water partition coefficient (Wildman–Crippen LogP) is 0.376. The van der Waals surface area contributed by atoms with Gasteiger partial charge >= 0.3 is 0 Å². The molecule has 0 amide bonds. The molecule has 0 saturated heterocycles. The van der Waals surface area contributed by atoms with Gasteiger partial charge in [0.2, 0.25) is 10.0 Å². The molecule has 4 nitrogen and oxygen atoms in total. The molecule has 94 valence electrons. The SMILES string of the molecule is NCCS(=O)(=O)N1CCc2ccccc2CC1. The quantitative estimate of drug-likeness (QED) is 0.848. The van der Waals surface area contributed by atoms with Gasteiger partial charge in [0.05, 0.1) is 5.75 Å². The number of nitrogens with zero attached hydrogens (tertiary/aromatic N) is 1. The van der Waals surface area contributed by atoms with E-state index >= 15 is 0 Å². The highest BCUT2D eigenvalue weighted by Crippen LogP contribution is 2.17. The maximum Gasteiger partial charge on any atom is 0.215 e. The van der Waals surface area contributed by atoms with Crippen LogP contribution >= 0.6 is 0 Å². The van der Waals surface area contributed by atoms with Crippen LogP contribution in [0.3, 0.4) is 0 Å². The number of hydrogen-bond donors (Lipinski definition) is 1. The number of sulfonamides is 1. The number of hydrogen-bond acceptors (Lipinski definition) is 3. The van der Waals surface area contributed by atoms with Gasteiger partial charge in [-0.25, -0.2) is 12.7 Å². The third-order valence-electron chi connectivity index (χ3n) is 3.15. The minimum absolute atomic E-state index is 0.0450. The standard InChI is InChI=1S/C12H18N2O2S/c13-7-10-17(15,16)14-8-5-11-3-1-2-4-12(11)6-9-14/h1-4H,5-10,13H2. The van der Waals surface area contributed by atoms with Gasteiger partial charge in [-0.1, -0.05) is 24.3 Å². The molecule has 5 heteroatoms. The highest BCUT2D eigenvalue weighted by Gasteiger charge is 2.23. The molecule has 0 unspecified atom stereocenters. The molecule has 0 saturated carbocycles. The molecule has 0 aliphatic carbocycles. The van der Waals surface area contributed by atoms with E-state index in [-0.39, 0.29) is 12.3 Å². The van der Waals surface area contributed by atoms with Gasteiger partial charge in [-0.3, -0.25) is 0 Å². The summed E-state index contributed by atoms with van der Waals surface area (Å²) in [6, 6.07) is 8.16. The van der Waals surface area contributed by atoms with Crippen molar-refractivity contribution in [1.82, 2.24) is 4.31 Å². The van der Waals surface area contributed by atoms with Gasteiger partial charge in [0.25, 0.3) is 0 Å². The maximum absolute atomic E-state index is 11.9. The normalized spacial score (nSPS) is 17.5. The van der Waals surface area contributed by atoms with Crippen molar-refractivity contribution < 1.29 is 8.42 Å². The topological polar surface area (TPSA) is 63.4 Å². The van der Waals surface area contributed by atoms with Crippen molar-refractivity contribution in [2.45, 2.75) is 12.8 Å². The number of benzene rings is 1. The summed E-state index contributed by atoms with van der Waals surface area (Å²) >= 11 is 0. The summed E-state index contributed by atoms with van der Waals surface area (Å²) in [4.78, 5) is 0. The highest BCUT2D eigenvalue weighted by molar-refractivity contribution is 7.89. The van der Waals surface area contributed by atoms with Crippen LogP contribution in [0.25, 0.3) is 0 Å². The van der Waals surface area contributed by atoms with Crippen LogP contribution in [0.2, 0.25) is 0 Å². The van der Waals surface area contributed by atoms with Crippen LogP contribution in [-0.4, -0.2) is 38.1 Å². The number of nitrogens with two attached hydrogens (primary N) is 1. The molecule has 1 heterocycles. The summed E-state index contributed by atoms with van der Waals surface area (Å²) in [7, 11) is -3.17. The molecule has 0 atom stereocenters. The molecule has 2 rings (SSSR count). The summed E-state index contributed by atoms with van der Waals surface area (Å²) in [5, 5.41) is 0. The second-order valence-corrected chi connectivity index (χ2v) is 6.36. The van der Waals surface area contributed by atoms with E-state index < -0.39 is 10.0 Å². The molecule has 1 aliphatic heterocycles. The molecule has 1 aromatic rings. The summed E-state index contributed by atoms with van der Waals surface area (Å²) in [6.45, 7) is 1.32. The lowest BCUT2D eigenvalue weighted by Crippen LogP contribution is -2.37. The molecular formula is C12H18N2O2S. The summed E-state index contributed by atoms with van der Waals surface area (Å²) in [6.07, 6.45) is 1.58. The molecule has 0 radical (unpaired) electrons. The molecule has 0 fully saturated rings. The van der Waals surface area contributed by atoms with E-state index in [0.29, 0.717) is 13.1 Å². The lowest BCUT2D eigenvalue weighted by Gasteiger charge is -2.19. The minimum atomic E-state index is -3.17. The van der Waals surface area contributed by atoms with Gasteiger partial charge in [0.15, 0.2) is 0 Å². The lowest BCUT2D eigenvalue weighted by atomic mass is 10.0. The van der Waals surface area contributed by atoms with Crippen LogP contribution in [0.15, 0.2) is 24.3 Å². The van der Waals surface area contributed by atoms with Crippen LogP contribution in [0.4, 0.5) is 0 Å². The van der Waals surface area contributed by atoms with Crippen molar-refractivity contribution >= 4 is 10.0 Å². The fourth-order valence-corrected chi connectivity index (χ4v) is 3.50. The second kappa shape index (κ2) is 5.16. The highest BCUT2D eigenvalue weighted by atomic mass is 32.2. The average Bonchev–Trinajstić information content (AvgIpc) is 2.51. The van der Waals surface area contributed by atoms with Gasteiger partial charge in [-0.2, -0.15) is 0 Å². The van der Waals surface area contributed by atoms with E-state index in [1.54, 1.807) is 4.31 Å². The Morgan fingerprint density at radius 1 is 1.12 bits per heavy atom. The number of fused-ring (bicyclic) bond motifs is 1. The Balaban J connectivity index is 2.14. The predicted molar refractivity (Wildman–Crippen MR) is 68.3 cm³/mol. The van der Waals surface area contributed by atoms with Crippen molar-refractivity contribution in [2.75, 3.05) is 25.4 Å². The van der Waals surface area contributed by atoms with E-state index in [4.69, 9.17) is 5.73 Å². The van der Waals surface area contributed by atoms with Gasteiger partial charge < -0.3 is 5.73 Å². The minimum Gasteiger partial charge on any atom is -0.329 e. The monoisotopic (exact) mass is 254 g/mol. The van der Waals surface area contributed by atoms with Crippen molar-refractivity contribution in [3.8, 4) is 0 Å². The third-order valence-corrected chi connectivity index (χ3v) is 5.05. The molecular weight excluding hydrogens is 236 g/mol. The summed E-state index contributed by atoms with van der Waals surface area (Å²) < 4.78 is 25.4. The molecule has 17 heavy (non-hydrogen) atoms. The Labute approximate surface area is 102 Å². The van der Waals surface area contributed by atoms with Gasteiger partial charge in [0, 0.05) is 19.6 Å². The zero-order chi connectivity index (χ0) is 12.3. The summed E-state index contributed by atoms with van der Waals surface area (Å²) in [5.41, 5.74) is 7.86. The van der Waals surface area contributed by atoms with Crippen molar-refractivity contribution in [2.24, 2.45) is 5.73 Å². The first-order chi connectivity index (χ1) is 8.13. The molecule has 0 bridgehead atoms. The Bertz CT molecular complexity index is 458. The molecule has 1 aliphatic rings. The van der Waals surface area contributed by atoms with Gasteiger partial charge in [0.1, 0.15) is 0 Å². The largest absolute Gasteiger partial charge is 0.329 e. The Kier molecular flexibility index (Phi) is 3.81. The van der Waals surface area contributed by atoms with Crippen molar-refractivity contribution in [1.29, 1.82) is 0 Å². The lowest BCUT2D eigenvalue weighted by molar-refractivity contribution is 0.427. The molecule has 2 N–H and O–H groups in total. The van der Waals surface area contributed by atoms with Crippen molar-refractivity contribution in [3.05, 3.63) is 35.4 Å². The van der Waals surface area contributed by atoms with Gasteiger partial charge in [-0.15, -0.1) is 0 Å². The first-order valence-electron chi connectivity index (χ1n) is 5.88. The van der Waals surface area contributed by atoms with Crippen molar-refractivity contribution in [3.63, 3.8) is 0 Å². The smallest absolute Gasteiger partial charge is 0.215 e. The van der Waals surface area contributed by atoms with Gasteiger partial charge in [-0.05, 0) is 24.0 Å². The van der Waals surface area contributed by atoms with Crippen LogP contribution in [0, 0.1) is 0 Å². The van der Waals surface area contributed by atoms with E-state index in [9.17, 15) is 8.42 Å². The Morgan fingerprint density at radius 2 is 1.65 bits per heavy atom. The van der Waals surface area contributed by atoms with Crippen LogP contribution < -0.4 is 5.73 Å². The van der Waals surface area contributed by atoms with E-state index in [1.165, 1.54) is 11.1 Å². The zero-order valence-electron chi connectivity index (χ0n) is 9.80. The van der Waals surface area contributed by atoms with Crippen LogP contribution in [0.1, 0.15) is 11.1 Å². The van der Waals surface area contributed by atoms with E-state index in [1.807, 2.05) is 12.1 Å². The number of rotatable bonds is 3. The summed E-state index contributed by atoms with van der Waals surface area (Å²) in [5.74, 6) is 0.0450. The second-order valence-electron chi connectivity index (χ2n) is 4.27. The molecule has 0 spiro atoms. The van der Waals surface area contributed by atoms with Crippen LogP contribution in [-0.2, 0) is 22.9 Å². The molecule has 1 aromatic carbocycles. The van der Waals surface area contributed by atoms with E-state index in [0.717, 1.165) is 12.8 Å². The third kappa shape index (κ3) is 2.86. The zero-order valence-corrected chi connectivity index (χ0v) is 10.6. The maximum atomic E-state index is 11.9. The first-order valence-corrected chi connectivity index (χ1v) is 7.49. The van der Waals surface area contributed by atoms with Crippen LogP contribution in [0.5, 0.6) is 0 Å².